The highest BCUT2D eigenvalue weighted by molar-refractivity contribution is 5.95. The molecule has 1 heterocycles. The third kappa shape index (κ3) is 7.58. The molecule has 1 aromatic carbocycles. The molecule has 2 amide bonds. The van der Waals surface area contributed by atoms with Crippen LogP contribution in [0.3, 0.4) is 0 Å². The van der Waals surface area contributed by atoms with Crippen molar-refractivity contribution in [2.45, 2.75) is 64.5 Å². The van der Waals surface area contributed by atoms with Gasteiger partial charge in [0.1, 0.15) is 11.8 Å². The third-order valence-corrected chi connectivity index (χ3v) is 6.12. The summed E-state index contributed by atoms with van der Waals surface area (Å²) in [5.41, 5.74) is 1.68. The lowest BCUT2D eigenvalue weighted by atomic mass is 9.83. The van der Waals surface area contributed by atoms with E-state index in [1.165, 1.54) is 0 Å². The van der Waals surface area contributed by atoms with Gasteiger partial charge in [-0.05, 0) is 67.1 Å². The van der Waals surface area contributed by atoms with Gasteiger partial charge in [-0.1, -0.05) is 26.7 Å². The minimum Gasteiger partial charge on any atom is -0.493 e. The van der Waals surface area contributed by atoms with Gasteiger partial charge in [-0.2, -0.15) is 5.26 Å². The fourth-order valence-corrected chi connectivity index (χ4v) is 4.30. The van der Waals surface area contributed by atoms with Crippen LogP contribution < -0.4 is 15.4 Å². The van der Waals surface area contributed by atoms with E-state index in [4.69, 9.17) is 4.74 Å². The molecule has 2 aromatic rings. The molecule has 1 fully saturated rings. The molecule has 1 aromatic heterocycles. The van der Waals surface area contributed by atoms with E-state index in [0.717, 1.165) is 31.2 Å². The van der Waals surface area contributed by atoms with Gasteiger partial charge in [0.05, 0.1) is 18.6 Å². The zero-order valence-electron chi connectivity index (χ0n) is 20.0. The van der Waals surface area contributed by atoms with Crippen molar-refractivity contribution < 1.29 is 14.3 Å². The van der Waals surface area contributed by atoms with E-state index < -0.39 is 6.04 Å². The Hall–Kier alpha value is -3.40. The summed E-state index contributed by atoms with van der Waals surface area (Å²) in [6, 6.07) is 12.4. The van der Waals surface area contributed by atoms with Crippen LogP contribution in [0.2, 0.25) is 0 Å². The van der Waals surface area contributed by atoms with Crippen LogP contribution in [0.1, 0.15) is 61.9 Å². The third-order valence-electron chi connectivity index (χ3n) is 6.12. The van der Waals surface area contributed by atoms with Crippen molar-refractivity contribution in [2.24, 2.45) is 11.8 Å². The van der Waals surface area contributed by atoms with Gasteiger partial charge in [0.15, 0.2) is 0 Å². The first-order chi connectivity index (χ1) is 16.5. The molecule has 2 N–H and O–H groups in total. The van der Waals surface area contributed by atoms with Crippen LogP contribution in [-0.2, 0) is 11.2 Å². The number of rotatable bonds is 10. The van der Waals surface area contributed by atoms with Gasteiger partial charge in [0.2, 0.25) is 5.91 Å². The normalized spacial score (nSPS) is 18.5. The number of nitrogens with zero attached hydrogens (tertiary/aromatic N) is 2. The summed E-state index contributed by atoms with van der Waals surface area (Å²) in [5.74, 6) is 0.348. The van der Waals surface area contributed by atoms with Crippen molar-refractivity contribution >= 4 is 11.8 Å². The maximum absolute atomic E-state index is 12.9. The van der Waals surface area contributed by atoms with E-state index in [1.54, 1.807) is 36.7 Å². The number of nitriles is 1. The van der Waals surface area contributed by atoms with Crippen molar-refractivity contribution in [3.05, 3.63) is 59.9 Å². The number of hydrogen-bond donors (Lipinski definition) is 2. The monoisotopic (exact) mass is 462 g/mol. The summed E-state index contributed by atoms with van der Waals surface area (Å²) < 4.78 is 5.79. The van der Waals surface area contributed by atoms with Crippen molar-refractivity contribution in [3.8, 4) is 11.8 Å². The van der Waals surface area contributed by atoms with Gasteiger partial charge >= 0.3 is 0 Å². The zero-order valence-corrected chi connectivity index (χ0v) is 20.0. The Morgan fingerprint density at radius 2 is 1.82 bits per heavy atom. The van der Waals surface area contributed by atoms with E-state index in [0.29, 0.717) is 36.7 Å². The summed E-state index contributed by atoms with van der Waals surface area (Å²) in [4.78, 5) is 29.8. The van der Waals surface area contributed by atoms with Gasteiger partial charge in [-0.25, -0.2) is 0 Å². The first-order valence-corrected chi connectivity index (χ1v) is 12.1. The van der Waals surface area contributed by atoms with Gasteiger partial charge in [-0.15, -0.1) is 0 Å². The van der Waals surface area contributed by atoms with E-state index in [2.05, 4.69) is 21.7 Å². The molecule has 0 aliphatic heterocycles. The Morgan fingerprint density at radius 1 is 1.12 bits per heavy atom. The van der Waals surface area contributed by atoms with Crippen molar-refractivity contribution in [1.29, 1.82) is 5.26 Å². The number of pyridine rings is 1. The van der Waals surface area contributed by atoms with Crippen LogP contribution >= 0.6 is 0 Å². The largest absolute Gasteiger partial charge is 0.493 e. The van der Waals surface area contributed by atoms with Crippen molar-refractivity contribution in [1.82, 2.24) is 15.6 Å². The lowest BCUT2D eigenvalue weighted by molar-refractivity contribution is -0.127. The van der Waals surface area contributed by atoms with Crippen molar-refractivity contribution in [2.75, 3.05) is 6.61 Å². The first kappa shape index (κ1) is 25.2. The molecule has 7 nitrogen and oxygen atoms in total. The van der Waals surface area contributed by atoms with Crippen LogP contribution in [0.5, 0.6) is 5.75 Å². The number of carbonyl (C=O) groups is 2. The van der Waals surface area contributed by atoms with Crippen LogP contribution in [0.25, 0.3) is 0 Å². The molecular formula is C27H34N4O3. The lowest BCUT2D eigenvalue weighted by Gasteiger charge is -2.32. The van der Waals surface area contributed by atoms with Crippen LogP contribution in [-0.4, -0.2) is 35.5 Å². The Labute approximate surface area is 201 Å². The van der Waals surface area contributed by atoms with Gasteiger partial charge < -0.3 is 15.4 Å². The second-order valence-electron chi connectivity index (χ2n) is 9.27. The Bertz CT molecular complexity index is 970. The van der Waals surface area contributed by atoms with Crippen LogP contribution in [0.4, 0.5) is 0 Å². The Morgan fingerprint density at radius 3 is 2.50 bits per heavy atom. The minimum atomic E-state index is -0.503. The van der Waals surface area contributed by atoms with Gasteiger partial charge in [-0.3, -0.25) is 14.6 Å². The molecule has 3 rings (SSSR count). The number of hydrogen-bond acceptors (Lipinski definition) is 5. The quantitative estimate of drug-likeness (QED) is 0.554. The van der Waals surface area contributed by atoms with Crippen LogP contribution in [0, 0.1) is 23.2 Å². The summed E-state index contributed by atoms with van der Waals surface area (Å²) in [6.45, 7) is 4.59. The summed E-state index contributed by atoms with van der Waals surface area (Å²) in [7, 11) is 0. The number of benzene rings is 1. The SMILES string of the molecule is CC(C)C[C@@H](C#N)NC(=O)[C@@H]1CCCC[C@@H]1NC(=O)c1ccc(OCCc2ccncc2)cc1. The minimum absolute atomic E-state index is 0.143. The summed E-state index contributed by atoms with van der Waals surface area (Å²) in [6.07, 6.45) is 8.28. The zero-order chi connectivity index (χ0) is 24.3. The second kappa shape index (κ2) is 12.7. The molecular weight excluding hydrogens is 428 g/mol. The first-order valence-electron chi connectivity index (χ1n) is 12.1. The van der Waals surface area contributed by atoms with E-state index in [1.807, 2.05) is 26.0 Å². The Kier molecular flexibility index (Phi) is 9.45. The predicted molar refractivity (Wildman–Crippen MR) is 130 cm³/mol. The van der Waals surface area contributed by atoms with Crippen molar-refractivity contribution in [3.63, 3.8) is 0 Å². The molecule has 34 heavy (non-hydrogen) atoms. The second-order valence-corrected chi connectivity index (χ2v) is 9.27. The highest BCUT2D eigenvalue weighted by atomic mass is 16.5. The standard InChI is InChI=1S/C27H34N4O3/c1-19(2)17-22(18-28)30-27(33)24-5-3-4-6-25(24)31-26(32)21-7-9-23(10-8-21)34-16-13-20-11-14-29-15-12-20/h7-12,14-15,19,22,24-25H,3-6,13,16-17H2,1-2H3,(H,30,33)(H,31,32)/t22-,24+,25-/m0/s1. The molecule has 3 atom stereocenters. The number of aromatic nitrogens is 1. The molecule has 0 bridgehead atoms. The van der Waals surface area contributed by atoms with Gasteiger partial charge in [0, 0.05) is 30.4 Å². The molecule has 0 saturated heterocycles. The van der Waals surface area contributed by atoms with E-state index in [-0.39, 0.29) is 23.8 Å². The predicted octanol–water partition coefficient (Wildman–Crippen LogP) is 4.05. The smallest absolute Gasteiger partial charge is 0.251 e. The fourth-order valence-electron chi connectivity index (χ4n) is 4.30. The molecule has 0 unspecified atom stereocenters. The molecule has 0 spiro atoms. The molecule has 7 heteroatoms. The van der Waals surface area contributed by atoms with Gasteiger partial charge in [0.25, 0.3) is 5.91 Å². The number of nitrogens with one attached hydrogen (secondary N) is 2. The Balaban J connectivity index is 1.53. The fraction of sp³-hybridized carbons (Fsp3) is 0.481. The number of carbonyl (C=O) groups excluding carboxylic acids is 2. The topological polar surface area (TPSA) is 104 Å². The summed E-state index contributed by atoms with van der Waals surface area (Å²) >= 11 is 0. The maximum atomic E-state index is 12.9. The van der Waals surface area contributed by atoms with E-state index in [9.17, 15) is 14.9 Å². The lowest BCUT2D eigenvalue weighted by Crippen LogP contribution is -2.50. The maximum Gasteiger partial charge on any atom is 0.251 e. The average Bonchev–Trinajstić information content (AvgIpc) is 2.84. The number of amides is 2. The molecule has 180 valence electrons. The van der Waals surface area contributed by atoms with E-state index >= 15 is 0 Å². The molecule has 1 aliphatic rings. The highest BCUT2D eigenvalue weighted by Gasteiger charge is 2.33. The number of ether oxygens (including phenoxy) is 1. The molecule has 0 radical (unpaired) electrons. The molecule has 1 aliphatic carbocycles. The average molecular weight is 463 g/mol. The van der Waals surface area contributed by atoms with Crippen LogP contribution in [0.15, 0.2) is 48.8 Å². The highest BCUT2D eigenvalue weighted by Crippen LogP contribution is 2.25. The molecule has 1 saturated carbocycles. The summed E-state index contributed by atoms with van der Waals surface area (Å²) in [5, 5.41) is 15.3.